The molecule has 0 aliphatic carbocycles. The molecule has 0 spiro atoms. The number of methoxy groups -OCH3 is 2. The number of rotatable bonds is 26. The van der Waals surface area contributed by atoms with E-state index in [2.05, 4.69) is 25.0 Å². The van der Waals surface area contributed by atoms with Crippen molar-refractivity contribution in [1.82, 2.24) is 16.0 Å². The van der Waals surface area contributed by atoms with Crippen LogP contribution in [0, 0.1) is 0 Å². The van der Waals surface area contributed by atoms with Crippen LogP contribution in [0.4, 0.5) is 9.59 Å². The third-order valence-electron chi connectivity index (χ3n) is 4.52. The number of ether oxygens (including phenoxy) is 7. The Bertz CT molecular complexity index is 719. The highest BCUT2D eigenvalue weighted by molar-refractivity contribution is 7.45. The van der Waals surface area contributed by atoms with Crippen molar-refractivity contribution in [3.05, 3.63) is 0 Å². The summed E-state index contributed by atoms with van der Waals surface area (Å²) in [6, 6.07) is 0. The van der Waals surface area contributed by atoms with Gasteiger partial charge in [0, 0.05) is 47.4 Å². The Morgan fingerprint density at radius 1 is 0.756 bits per heavy atom. The molecule has 0 bridgehead atoms. The van der Waals surface area contributed by atoms with E-state index in [-0.39, 0.29) is 79.0 Å². The Balaban J connectivity index is 0. The van der Waals surface area contributed by atoms with Gasteiger partial charge in [0.15, 0.2) is 0 Å². The molecule has 0 heterocycles. The maximum atomic E-state index is 11.9. The fraction of sp³-hybridized carbons (Fsp3) is 0.870. The van der Waals surface area contributed by atoms with E-state index in [1.165, 1.54) is 7.11 Å². The van der Waals surface area contributed by atoms with Gasteiger partial charge in [-0.1, -0.05) is 7.43 Å². The van der Waals surface area contributed by atoms with E-state index in [0.717, 1.165) is 7.11 Å². The van der Waals surface area contributed by atoms with Crippen LogP contribution < -0.4 is 20.8 Å². The van der Waals surface area contributed by atoms with Gasteiger partial charge in [-0.3, -0.25) is 14.7 Å². The van der Waals surface area contributed by atoms with Crippen molar-refractivity contribution in [2.75, 3.05) is 101 Å². The van der Waals surface area contributed by atoms with Gasteiger partial charge in [0.1, 0.15) is 26.0 Å². The minimum absolute atomic E-state index is 0. The topological polar surface area (TPSA) is 210 Å². The first-order valence-electron chi connectivity index (χ1n) is 12.6. The average Bonchev–Trinajstić information content (AvgIpc) is 2.93. The predicted molar refractivity (Wildman–Crippen MR) is 143 cm³/mol. The second-order valence-corrected chi connectivity index (χ2v) is 9.23. The Kier molecular flexibility index (Phi) is 28.1. The summed E-state index contributed by atoms with van der Waals surface area (Å²) in [5.41, 5.74) is 0. The summed E-state index contributed by atoms with van der Waals surface area (Å²) in [7, 11) is -0.217. The molecule has 0 aromatic rings. The number of phosphoric acid groups is 1. The van der Waals surface area contributed by atoms with Crippen molar-refractivity contribution in [2.45, 2.75) is 32.8 Å². The fourth-order valence-electron chi connectivity index (χ4n) is 2.48. The molecular formula is C23H47N3O14P-. The number of carbonyl (C=O) groups excluding carboxylic acids is 3. The normalized spacial score (nSPS) is 12.9. The van der Waals surface area contributed by atoms with Crippen LogP contribution in [0.25, 0.3) is 0 Å². The lowest BCUT2D eigenvalue weighted by atomic mass is 10.3. The number of alkyl carbamates (subject to hydrolysis) is 2. The summed E-state index contributed by atoms with van der Waals surface area (Å²) in [6.45, 7) is 1.67. The molecule has 0 aromatic heterocycles. The standard InChI is InChI=1S/C22H44N3O14P.CH4/c1-31-12-14-34-11-8-24-21(27)37-16-19(17-38-22(28)25-18-35-15-13-32-2)36-9-4-6-20(26)23-7-5-10-39-40(29,30)33-3;/h19H,4-18H2,1-3H3,(H,23,26)(H,24,27)(H,25,28)(H,29,30);1H4/p-1. The van der Waals surface area contributed by atoms with Gasteiger partial charge >= 0.3 is 12.2 Å². The Morgan fingerprint density at radius 3 is 2.02 bits per heavy atom. The molecule has 17 nitrogen and oxygen atoms in total. The maximum absolute atomic E-state index is 11.9. The molecule has 0 fully saturated rings. The zero-order valence-electron chi connectivity index (χ0n) is 23.3. The van der Waals surface area contributed by atoms with Crippen LogP contribution in [0.2, 0.25) is 0 Å². The lowest BCUT2D eigenvalue weighted by Gasteiger charge is -2.20. The SMILES string of the molecule is C.COCCOCCNC(=O)OCC(COC(=O)NCOCCOC)OCCCC(=O)NCCCOP(=O)([O-])OC. The van der Waals surface area contributed by atoms with E-state index in [4.69, 9.17) is 33.2 Å². The van der Waals surface area contributed by atoms with E-state index in [9.17, 15) is 23.8 Å². The van der Waals surface area contributed by atoms with Gasteiger partial charge in [-0.25, -0.2) is 9.59 Å². The lowest BCUT2D eigenvalue weighted by molar-refractivity contribution is -0.222. The molecule has 244 valence electrons. The molecule has 3 N–H and O–H groups in total. The highest BCUT2D eigenvalue weighted by Crippen LogP contribution is 2.36. The van der Waals surface area contributed by atoms with Crippen molar-refractivity contribution in [3.8, 4) is 0 Å². The van der Waals surface area contributed by atoms with Crippen LogP contribution in [0.1, 0.15) is 26.7 Å². The number of hydrogen-bond donors (Lipinski definition) is 3. The second-order valence-electron chi connectivity index (χ2n) is 7.71. The van der Waals surface area contributed by atoms with Gasteiger partial charge in [0.05, 0.1) is 39.6 Å². The quantitative estimate of drug-likeness (QED) is 0.0668. The van der Waals surface area contributed by atoms with E-state index in [1.54, 1.807) is 7.11 Å². The summed E-state index contributed by atoms with van der Waals surface area (Å²) < 4.78 is 55.7. The molecule has 18 heteroatoms. The number of carbonyl (C=O) groups is 3. The van der Waals surface area contributed by atoms with E-state index in [1.807, 2.05) is 0 Å². The smallest absolute Gasteiger partial charge is 0.409 e. The van der Waals surface area contributed by atoms with Crippen molar-refractivity contribution < 1.29 is 66.0 Å². The van der Waals surface area contributed by atoms with Crippen molar-refractivity contribution in [3.63, 3.8) is 0 Å². The summed E-state index contributed by atoms with van der Waals surface area (Å²) in [4.78, 5) is 46.8. The minimum atomic E-state index is -4.28. The molecule has 2 atom stereocenters. The van der Waals surface area contributed by atoms with Crippen LogP contribution in [-0.4, -0.2) is 125 Å². The van der Waals surface area contributed by atoms with Gasteiger partial charge in [-0.2, -0.15) is 0 Å². The van der Waals surface area contributed by atoms with Crippen molar-refractivity contribution in [2.24, 2.45) is 0 Å². The zero-order valence-corrected chi connectivity index (χ0v) is 24.2. The Hall–Kier alpha value is -2.08. The van der Waals surface area contributed by atoms with Crippen LogP contribution in [-0.2, 0) is 51.6 Å². The number of phosphoric ester groups is 1. The molecule has 3 amide bonds. The van der Waals surface area contributed by atoms with E-state index in [0.29, 0.717) is 32.8 Å². The van der Waals surface area contributed by atoms with E-state index < -0.39 is 26.1 Å². The van der Waals surface area contributed by atoms with Crippen LogP contribution >= 0.6 is 7.82 Å². The van der Waals surface area contributed by atoms with E-state index >= 15 is 0 Å². The first kappa shape index (κ1) is 41.1. The summed E-state index contributed by atoms with van der Waals surface area (Å²) in [5.74, 6) is -0.273. The average molecular weight is 621 g/mol. The second kappa shape index (κ2) is 28.1. The summed E-state index contributed by atoms with van der Waals surface area (Å²) in [6.07, 6.45) is -1.55. The molecule has 0 aliphatic rings. The van der Waals surface area contributed by atoms with Crippen LogP contribution in [0.15, 0.2) is 0 Å². The van der Waals surface area contributed by atoms with Gasteiger partial charge in [-0.05, 0) is 12.8 Å². The van der Waals surface area contributed by atoms with Gasteiger partial charge < -0.3 is 57.7 Å². The first-order chi connectivity index (χ1) is 19.2. The molecule has 2 unspecified atom stereocenters. The molecular weight excluding hydrogens is 573 g/mol. The molecule has 0 aromatic carbocycles. The highest BCUT2D eigenvalue weighted by atomic mass is 31.2. The number of hydrogen-bond acceptors (Lipinski definition) is 14. The summed E-state index contributed by atoms with van der Waals surface area (Å²) >= 11 is 0. The van der Waals surface area contributed by atoms with Gasteiger partial charge in [-0.15, -0.1) is 0 Å². The minimum Gasteiger partial charge on any atom is -0.756 e. The molecule has 41 heavy (non-hydrogen) atoms. The lowest BCUT2D eigenvalue weighted by Crippen LogP contribution is -2.35. The van der Waals surface area contributed by atoms with Crippen molar-refractivity contribution >= 4 is 25.9 Å². The maximum Gasteiger partial charge on any atom is 0.409 e. The van der Waals surface area contributed by atoms with Gasteiger partial charge in [0.2, 0.25) is 5.91 Å². The summed E-state index contributed by atoms with van der Waals surface area (Å²) in [5, 5.41) is 7.53. The molecule has 0 aliphatic heterocycles. The third-order valence-corrected chi connectivity index (χ3v) is 5.46. The highest BCUT2D eigenvalue weighted by Gasteiger charge is 2.16. The largest absolute Gasteiger partial charge is 0.756 e. The predicted octanol–water partition coefficient (Wildman–Crippen LogP) is 0.162. The number of nitrogens with one attached hydrogen (secondary N) is 3. The van der Waals surface area contributed by atoms with Crippen LogP contribution in [0.5, 0.6) is 0 Å². The molecule has 0 saturated heterocycles. The zero-order chi connectivity index (χ0) is 29.9. The fourth-order valence-corrected chi connectivity index (χ4v) is 2.94. The monoisotopic (exact) mass is 620 g/mol. The first-order valence-corrected chi connectivity index (χ1v) is 14.0. The number of amides is 3. The Morgan fingerprint density at radius 2 is 1.39 bits per heavy atom. The Labute approximate surface area is 241 Å². The molecule has 0 radical (unpaired) electrons. The molecule has 0 saturated carbocycles. The van der Waals surface area contributed by atoms with Gasteiger partial charge in [0.25, 0.3) is 7.82 Å². The molecule has 0 rings (SSSR count). The van der Waals surface area contributed by atoms with Crippen LogP contribution in [0.3, 0.4) is 0 Å². The third kappa shape index (κ3) is 27.8. The van der Waals surface area contributed by atoms with Crippen molar-refractivity contribution in [1.29, 1.82) is 0 Å².